The van der Waals surface area contributed by atoms with E-state index in [-0.39, 0.29) is 23.6 Å². The van der Waals surface area contributed by atoms with E-state index in [4.69, 9.17) is 4.74 Å². The first-order valence-electron chi connectivity index (χ1n) is 22.7. The minimum absolute atomic E-state index is 0.0171. The van der Waals surface area contributed by atoms with Crippen LogP contribution in [0, 0.1) is 20.8 Å². The molecule has 1 aliphatic rings. The summed E-state index contributed by atoms with van der Waals surface area (Å²) in [5, 5.41) is 12.1. The van der Waals surface area contributed by atoms with E-state index in [1.54, 1.807) is 0 Å². The van der Waals surface area contributed by atoms with Crippen LogP contribution in [0.4, 0.5) is 0 Å². The van der Waals surface area contributed by atoms with Gasteiger partial charge in [-0.1, -0.05) is 138 Å². The summed E-state index contributed by atoms with van der Waals surface area (Å²) in [5.41, 5.74) is 17.4. The number of aryl methyl sites for hydroxylation is 3. The summed E-state index contributed by atoms with van der Waals surface area (Å²) in [6.07, 6.45) is 13.3. The van der Waals surface area contributed by atoms with Gasteiger partial charge in [0.2, 0.25) is 0 Å². The number of nitrogens with zero attached hydrogens (tertiary/aromatic N) is 1. The molecule has 0 atom stereocenters. The van der Waals surface area contributed by atoms with Gasteiger partial charge in [0.1, 0.15) is 5.75 Å². The Morgan fingerprint density at radius 3 is 1.80 bits per heavy atom. The Kier molecular flexibility index (Phi) is 12.3. The second-order valence-corrected chi connectivity index (χ2v) is 17.7. The van der Waals surface area contributed by atoms with E-state index >= 15 is 0 Å². The van der Waals surface area contributed by atoms with Crippen molar-refractivity contribution in [2.45, 2.75) is 111 Å². The average molecular weight is 808 g/mol. The number of carbonyl (C=O) groups is 1. The topological polar surface area (TPSA) is 51.5 Å². The summed E-state index contributed by atoms with van der Waals surface area (Å²) < 4.78 is 8.45. The molecule has 1 heterocycles. The Bertz CT molecular complexity index is 2730. The van der Waals surface area contributed by atoms with Crippen molar-refractivity contribution in [2.75, 3.05) is 6.61 Å². The summed E-state index contributed by atoms with van der Waals surface area (Å²) in [7, 11) is 0. The molecule has 8 rings (SSSR count). The highest BCUT2D eigenvalue weighted by Gasteiger charge is 2.42. The van der Waals surface area contributed by atoms with Crippen LogP contribution in [0.25, 0.3) is 60.9 Å². The van der Waals surface area contributed by atoms with Crippen molar-refractivity contribution in [3.8, 4) is 44.8 Å². The lowest BCUT2D eigenvalue weighted by molar-refractivity contribution is -0.116. The summed E-state index contributed by atoms with van der Waals surface area (Å²) >= 11 is 0. The van der Waals surface area contributed by atoms with E-state index in [0.717, 1.165) is 29.5 Å². The number of allylic oxidation sites excluding steroid dienone is 1. The van der Waals surface area contributed by atoms with Crippen LogP contribution in [-0.4, -0.2) is 22.1 Å². The lowest BCUT2D eigenvalue weighted by Crippen LogP contribution is -2.25. The molecule has 0 saturated carbocycles. The molecule has 0 fully saturated rings. The zero-order valence-electron chi connectivity index (χ0n) is 37.0. The summed E-state index contributed by atoms with van der Waals surface area (Å²) in [5.74, 6) is 0.402. The van der Waals surface area contributed by atoms with Gasteiger partial charge in [0.15, 0.2) is 12.4 Å². The largest absolute Gasteiger partial charge is 0.512 e. The van der Waals surface area contributed by atoms with Crippen LogP contribution in [0.15, 0.2) is 127 Å². The van der Waals surface area contributed by atoms with Gasteiger partial charge in [-0.3, -0.25) is 4.79 Å². The van der Waals surface area contributed by atoms with Crippen LogP contribution in [-0.2, 0) is 10.2 Å². The number of aliphatic hydroxyl groups excluding tert-OH is 1. The van der Waals surface area contributed by atoms with Crippen molar-refractivity contribution in [3.63, 3.8) is 0 Å². The Hall–Kier alpha value is -5.87. The second kappa shape index (κ2) is 18.0. The predicted octanol–water partition coefficient (Wildman–Crippen LogP) is 15.7. The predicted molar refractivity (Wildman–Crippen MR) is 256 cm³/mol. The van der Waals surface area contributed by atoms with Gasteiger partial charge < -0.3 is 14.4 Å². The molecule has 7 aromatic rings. The number of ketones is 1. The standard InChI is InChI=1S/C57H61NO3/c1-7-9-11-13-29-57(30-14-12-10-8-2)52-34-43(42-22-28-54-51(33-42)50-25-17-39(4)31-55(50)58(54)46-23-15-38(3)16-24-46)20-26-48(52)49-27-21-44(35-53(49)57)45-19-18-40(5)56(36-45)61-37-47(60)32-41(6)59/h15-28,31-36,59H,7-14,29-30,37H2,1-6H3. The first-order chi connectivity index (χ1) is 29.6. The van der Waals surface area contributed by atoms with Crippen molar-refractivity contribution in [1.29, 1.82) is 0 Å². The maximum absolute atomic E-state index is 12.4. The summed E-state index contributed by atoms with van der Waals surface area (Å²) in [6.45, 7) is 12.3. The number of rotatable bonds is 17. The van der Waals surface area contributed by atoms with E-state index in [9.17, 15) is 9.90 Å². The second-order valence-electron chi connectivity index (χ2n) is 17.7. The van der Waals surface area contributed by atoms with Gasteiger partial charge in [-0.05, 0) is 145 Å². The summed E-state index contributed by atoms with van der Waals surface area (Å²) in [4.78, 5) is 12.4. The van der Waals surface area contributed by atoms with Crippen molar-refractivity contribution >= 4 is 27.6 Å². The maximum atomic E-state index is 12.4. The van der Waals surface area contributed by atoms with E-state index in [1.165, 1.54) is 136 Å². The zero-order valence-corrected chi connectivity index (χ0v) is 37.0. The monoisotopic (exact) mass is 807 g/mol. The number of ether oxygens (including phenoxy) is 1. The molecular formula is C57H61NO3. The molecule has 61 heavy (non-hydrogen) atoms. The fourth-order valence-corrected chi connectivity index (χ4v) is 9.87. The van der Waals surface area contributed by atoms with Gasteiger partial charge in [-0.25, -0.2) is 0 Å². The van der Waals surface area contributed by atoms with Crippen molar-refractivity contribution in [1.82, 2.24) is 4.57 Å². The number of aliphatic hydroxyl groups is 1. The molecule has 1 N–H and O–H groups in total. The van der Waals surface area contributed by atoms with Gasteiger partial charge in [-0.15, -0.1) is 0 Å². The van der Waals surface area contributed by atoms with Crippen LogP contribution >= 0.6 is 0 Å². The fraction of sp³-hybridized carbons (Fsp3) is 0.316. The molecule has 0 aliphatic heterocycles. The van der Waals surface area contributed by atoms with Crippen LogP contribution in [0.2, 0.25) is 0 Å². The van der Waals surface area contributed by atoms with Crippen molar-refractivity contribution < 1.29 is 14.6 Å². The third-order valence-corrected chi connectivity index (χ3v) is 13.1. The van der Waals surface area contributed by atoms with E-state index < -0.39 is 0 Å². The molecule has 0 spiro atoms. The first kappa shape index (κ1) is 41.8. The number of hydrogen-bond donors (Lipinski definition) is 1. The highest BCUT2D eigenvalue weighted by molar-refractivity contribution is 6.10. The van der Waals surface area contributed by atoms with Gasteiger partial charge in [0.05, 0.1) is 16.8 Å². The normalized spacial score (nSPS) is 13.2. The molecule has 0 amide bonds. The molecule has 0 unspecified atom stereocenters. The van der Waals surface area contributed by atoms with E-state index in [0.29, 0.717) is 5.75 Å². The third kappa shape index (κ3) is 8.43. The molecule has 0 saturated heterocycles. The van der Waals surface area contributed by atoms with Gasteiger partial charge in [0, 0.05) is 28.0 Å². The number of unbranched alkanes of at least 4 members (excludes halogenated alkanes) is 6. The third-order valence-electron chi connectivity index (χ3n) is 13.1. The van der Waals surface area contributed by atoms with Crippen LogP contribution < -0.4 is 4.74 Å². The van der Waals surface area contributed by atoms with Gasteiger partial charge in [-0.2, -0.15) is 0 Å². The molecule has 312 valence electrons. The highest BCUT2D eigenvalue weighted by atomic mass is 16.5. The molecular weight excluding hydrogens is 747 g/mol. The van der Waals surface area contributed by atoms with Crippen molar-refractivity contribution in [2.24, 2.45) is 0 Å². The molecule has 0 radical (unpaired) electrons. The van der Waals surface area contributed by atoms with E-state index in [2.05, 4.69) is 148 Å². The van der Waals surface area contributed by atoms with Crippen LogP contribution in [0.5, 0.6) is 5.75 Å². The fourth-order valence-electron chi connectivity index (χ4n) is 9.87. The number of hydrogen-bond acceptors (Lipinski definition) is 3. The minimum atomic E-state index is -0.264. The Morgan fingerprint density at radius 2 is 1.18 bits per heavy atom. The average Bonchev–Trinajstić information content (AvgIpc) is 3.71. The lowest BCUT2D eigenvalue weighted by atomic mass is 9.70. The van der Waals surface area contributed by atoms with Gasteiger partial charge >= 0.3 is 0 Å². The van der Waals surface area contributed by atoms with Gasteiger partial charge in [0.25, 0.3) is 0 Å². The van der Waals surface area contributed by atoms with Crippen molar-refractivity contribution in [3.05, 3.63) is 155 Å². The van der Waals surface area contributed by atoms with E-state index in [1.807, 2.05) is 6.92 Å². The number of aromatic nitrogens is 1. The maximum Gasteiger partial charge on any atom is 0.196 e. The first-order valence-corrected chi connectivity index (χ1v) is 22.7. The van der Waals surface area contributed by atoms with Crippen LogP contribution in [0.3, 0.4) is 0 Å². The minimum Gasteiger partial charge on any atom is -0.512 e. The Labute approximate surface area is 362 Å². The number of fused-ring (bicyclic) bond motifs is 6. The lowest BCUT2D eigenvalue weighted by Gasteiger charge is -2.33. The number of benzene rings is 6. The molecule has 4 nitrogen and oxygen atoms in total. The Balaban J connectivity index is 1.24. The van der Waals surface area contributed by atoms with Crippen LogP contribution in [0.1, 0.15) is 113 Å². The molecule has 0 bridgehead atoms. The number of carbonyl (C=O) groups excluding carboxylic acids is 1. The molecule has 4 heteroatoms. The summed E-state index contributed by atoms with van der Waals surface area (Å²) in [6, 6.07) is 43.5. The quantitative estimate of drug-likeness (QED) is 0.0566. The molecule has 6 aromatic carbocycles. The SMILES string of the molecule is CCCCCCC1(CCCCCC)c2cc(-c3ccc(C)c(OCC(=O)C=C(C)O)c3)ccc2-c2ccc(-c3ccc4c(c3)c3ccc(C)cc3n4-c3ccc(C)cc3)cc21. The molecule has 1 aromatic heterocycles. The molecule has 1 aliphatic carbocycles. The smallest absolute Gasteiger partial charge is 0.196 e. The highest BCUT2D eigenvalue weighted by Crippen LogP contribution is 2.56. The zero-order chi connectivity index (χ0) is 42.7. The Morgan fingerprint density at radius 1 is 0.607 bits per heavy atom.